The highest BCUT2D eigenvalue weighted by Crippen LogP contribution is 1.97. The summed E-state index contributed by atoms with van der Waals surface area (Å²) in [5, 5.41) is 6.68. The average Bonchev–Trinajstić information content (AvgIpc) is 2.53. The molecule has 0 unspecified atom stereocenters. The van der Waals surface area contributed by atoms with E-state index in [4.69, 9.17) is 0 Å². The standard InChI is InChI=1S/C10H15N.C9H14N2/c1-9(2)11-8-10-6-4-3-5-7-10;1-8(2)11-7-9-4-3-5-10-6-9/h3-7,9,11H,8H2,1-2H3;3-6,8,11H,7H2,1-2H3. The van der Waals surface area contributed by atoms with Gasteiger partial charge in [-0.3, -0.25) is 4.98 Å². The Hall–Kier alpha value is -1.71. The summed E-state index contributed by atoms with van der Waals surface area (Å²) in [4.78, 5) is 4.02. The second-order valence-electron chi connectivity index (χ2n) is 5.92. The molecular weight excluding hydrogens is 270 g/mol. The van der Waals surface area contributed by atoms with Crippen molar-refractivity contribution >= 4 is 0 Å². The third-order valence-corrected chi connectivity index (χ3v) is 2.99. The molecule has 3 nitrogen and oxygen atoms in total. The van der Waals surface area contributed by atoms with Crippen molar-refractivity contribution in [1.82, 2.24) is 15.6 Å². The first-order chi connectivity index (χ1) is 10.6. The molecule has 2 rings (SSSR count). The van der Waals surface area contributed by atoms with Crippen LogP contribution in [-0.4, -0.2) is 17.1 Å². The van der Waals surface area contributed by atoms with E-state index >= 15 is 0 Å². The van der Waals surface area contributed by atoms with Gasteiger partial charge in [0.2, 0.25) is 0 Å². The van der Waals surface area contributed by atoms with Crippen molar-refractivity contribution < 1.29 is 0 Å². The molecule has 0 amide bonds. The number of pyridine rings is 1. The van der Waals surface area contributed by atoms with Gasteiger partial charge in [-0.25, -0.2) is 0 Å². The highest BCUT2D eigenvalue weighted by Gasteiger charge is 1.93. The van der Waals surface area contributed by atoms with Gasteiger partial charge in [0.15, 0.2) is 0 Å². The molecule has 0 saturated heterocycles. The fraction of sp³-hybridized carbons (Fsp3) is 0.421. The van der Waals surface area contributed by atoms with Crippen LogP contribution in [-0.2, 0) is 13.1 Å². The first-order valence-corrected chi connectivity index (χ1v) is 7.97. The zero-order valence-corrected chi connectivity index (χ0v) is 14.2. The molecule has 0 fully saturated rings. The van der Waals surface area contributed by atoms with Gasteiger partial charge >= 0.3 is 0 Å². The molecule has 0 atom stereocenters. The summed E-state index contributed by atoms with van der Waals surface area (Å²) in [5.41, 5.74) is 2.59. The summed E-state index contributed by atoms with van der Waals surface area (Å²) in [6.07, 6.45) is 3.67. The second-order valence-corrected chi connectivity index (χ2v) is 5.92. The molecule has 0 aliphatic heterocycles. The van der Waals surface area contributed by atoms with Gasteiger partial charge in [-0.15, -0.1) is 0 Å². The van der Waals surface area contributed by atoms with E-state index in [1.165, 1.54) is 11.1 Å². The molecule has 1 aromatic heterocycles. The number of hydrogen-bond acceptors (Lipinski definition) is 3. The minimum absolute atomic E-state index is 0.537. The summed E-state index contributed by atoms with van der Waals surface area (Å²) in [6, 6.07) is 15.6. The first-order valence-electron chi connectivity index (χ1n) is 7.97. The lowest BCUT2D eigenvalue weighted by Gasteiger charge is -2.06. The normalized spacial score (nSPS) is 10.5. The Morgan fingerprint density at radius 2 is 1.32 bits per heavy atom. The van der Waals surface area contributed by atoms with Gasteiger partial charge in [0.25, 0.3) is 0 Å². The smallest absolute Gasteiger partial charge is 0.0312 e. The molecular formula is C19H29N3. The lowest BCUT2D eigenvalue weighted by Crippen LogP contribution is -2.21. The topological polar surface area (TPSA) is 37.0 Å². The molecule has 1 heterocycles. The lowest BCUT2D eigenvalue weighted by atomic mass is 10.2. The molecule has 0 bridgehead atoms. The van der Waals surface area contributed by atoms with Crippen molar-refractivity contribution in [2.45, 2.75) is 52.9 Å². The van der Waals surface area contributed by atoms with E-state index in [0.29, 0.717) is 12.1 Å². The maximum absolute atomic E-state index is 4.02. The lowest BCUT2D eigenvalue weighted by molar-refractivity contribution is 0.588. The van der Waals surface area contributed by atoms with E-state index in [9.17, 15) is 0 Å². The molecule has 0 aliphatic carbocycles. The molecule has 120 valence electrons. The quantitative estimate of drug-likeness (QED) is 0.852. The van der Waals surface area contributed by atoms with Crippen LogP contribution in [0.25, 0.3) is 0 Å². The molecule has 3 heteroatoms. The zero-order valence-electron chi connectivity index (χ0n) is 14.2. The molecule has 0 spiro atoms. The Morgan fingerprint density at radius 3 is 1.82 bits per heavy atom. The van der Waals surface area contributed by atoms with Gasteiger partial charge in [0, 0.05) is 37.6 Å². The van der Waals surface area contributed by atoms with Gasteiger partial charge in [0.1, 0.15) is 0 Å². The fourth-order valence-corrected chi connectivity index (χ4v) is 1.74. The van der Waals surface area contributed by atoms with Crippen LogP contribution in [0.3, 0.4) is 0 Å². The van der Waals surface area contributed by atoms with Crippen LogP contribution in [0.5, 0.6) is 0 Å². The van der Waals surface area contributed by atoms with E-state index in [1.54, 1.807) is 6.20 Å². The number of nitrogens with one attached hydrogen (secondary N) is 2. The van der Waals surface area contributed by atoms with Gasteiger partial charge in [-0.05, 0) is 17.2 Å². The zero-order chi connectivity index (χ0) is 16.2. The minimum atomic E-state index is 0.537. The van der Waals surface area contributed by atoms with Crippen molar-refractivity contribution in [2.75, 3.05) is 0 Å². The van der Waals surface area contributed by atoms with Crippen LogP contribution >= 0.6 is 0 Å². The summed E-state index contributed by atoms with van der Waals surface area (Å²) >= 11 is 0. The van der Waals surface area contributed by atoms with Crippen LogP contribution in [0.4, 0.5) is 0 Å². The molecule has 22 heavy (non-hydrogen) atoms. The fourth-order valence-electron chi connectivity index (χ4n) is 1.74. The van der Waals surface area contributed by atoms with Crippen molar-refractivity contribution in [3.8, 4) is 0 Å². The largest absolute Gasteiger partial charge is 0.310 e. The predicted molar refractivity (Wildman–Crippen MR) is 94.6 cm³/mol. The molecule has 2 N–H and O–H groups in total. The van der Waals surface area contributed by atoms with Crippen molar-refractivity contribution in [3.63, 3.8) is 0 Å². The molecule has 0 aliphatic rings. The second kappa shape index (κ2) is 10.9. The Bertz CT molecular complexity index is 433. The van der Waals surface area contributed by atoms with Gasteiger partial charge < -0.3 is 10.6 Å². The van der Waals surface area contributed by atoms with Crippen LogP contribution < -0.4 is 10.6 Å². The molecule has 0 saturated carbocycles. The maximum atomic E-state index is 4.02. The Morgan fingerprint density at radius 1 is 0.773 bits per heavy atom. The summed E-state index contributed by atoms with van der Waals surface area (Å²) in [6.45, 7) is 10.5. The Kier molecular flexibility index (Phi) is 9.12. The average molecular weight is 299 g/mol. The molecule has 1 aromatic carbocycles. The Labute approximate surface area is 135 Å². The summed E-state index contributed by atoms with van der Waals surface area (Å²) in [5.74, 6) is 0. The Balaban J connectivity index is 0.000000220. The summed E-state index contributed by atoms with van der Waals surface area (Å²) in [7, 11) is 0. The van der Waals surface area contributed by atoms with E-state index in [2.05, 4.69) is 73.6 Å². The first kappa shape index (κ1) is 18.3. The number of nitrogens with zero attached hydrogens (tertiary/aromatic N) is 1. The van der Waals surface area contributed by atoms with Crippen LogP contribution in [0, 0.1) is 0 Å². The van der Waals surface area contributed by atoms with Gasteiger partial charge in [-0.2, -0.15) is 0 Å². The van der Waals surface area contributed by atoms with E-state index in [0.717, 1.165) is 13.1 Å². The van der Waals surface area contributed by atoms with E-state index < -0.39 is 0 Å². The van der Waals surface area contributed by atoms with Crippen molar-refractivity contribution in [1.29, 1.82) is 0 Å². The maximum Gasteiger partial charge on any atom is 0.0312 e. The monoisotopic (exact) mass is 299 g/mol. The van der Waals surface area contributed by atoms with Crippen LogP contribution in [0.15, 0.2) is 54.9 Å². The number of benzene rings is 1. The number of rotatable bonds is 6. The van der Waals surface area contributed by atoms with Crippen LogP contribution in [0.1, 0.15) is 38.8 Å². The summed E-state index contributed by atoms with van der Waals surface area (Å²) < 4.78 is 0. The number of hydrogen-bond donors (Lipinski definition) is 2. The SMILES string of the molecule is CC(C)NCc1ccccc1.CC(C)NCc1cccnc1. The van der Waals surface area contributed by atoms with Crippen molar-refractivity contribution in [2.24, 2.45) is 0 Å². The van der Waals surface area contributed by atoms with Crippen LogP contribution in [0.2, 0.25) is 0 Å². The van der Waals surface area contributed by atoms with E-state index in [-0.39, 0.29) is 0 Å². The van der Waals surface area contributed by atoms with Gasteiger partial charge in [-0.1, -0.05) is 64.1 Å². The van der Waals surface area contributed by atoms with Gasteiger partial charge in [0.05, 0.1) is 0 Å². The highest BCUT2D eigenvalue weighted by molar-refractivity contribution is 5.14. The number of aromatic nitrogens is 1. The highest BCUT2D eigenvalue weighted by atomic mass is 14.9. The molecule has 2 aromatic rings. The third-order valence-electron chi connectivity index (χ3n) is 2.99. The molecule has 0 radical (unpaired) electrons. The van der Waals surface area contributed by atoms with E-state index in [1.807, 2.05) is 18.3 Å². The minimum Gasteiger partial charge on any atom is -0.310 e. The predicted octanol–water partition coefficient (Wildman–Crippen LogP) is 3.76. The van der Waals surface area contributed by atoms with Crippen molar-refractivity contribution in [3.05, 3.63) is 66.0 Å². The third kappa shape index (κ3) is 9.27.